The molecule has 1 heterocycles. The first-order valence-electron chi connectivity index (χ1n) is 8.77. The standard InChI is InChI=1S/C19H28N2O2/c1-14(15-3-5-16(23-2)6-4-15)7-10-21-18(22)17-13-19(17)8-11-20-12-9-19/h3-6,14,17,20H,7-13H2,1-2H3,(H,21,22). The lowest BCUT2D eigenvalue weighted by molar-refractivity contribution is -0.123. The van der Waals surface area contributed by atoms with Crippen LogP contribution >= 0.6 is 0 Å². The molecule has 4 heteroatoms. The third kappa shape index (κ3) is 3.69. The van der Waals surface area contributed by atoms with Gasteiger partial charge in [0.15, 0.2) is 0 Å². The summed E-state index contributed by atoms with van der Waals surface area (Å²) < 4.78 is 5.19. The predicted molar refractivity (Wildman–Crippen MR) is 91.7 cm³/mol. The summed E-state index contributed by atoms with van der Waals surface area (Å²) >= 11 is 0. The number of carbonyl (C=O) groups excluding carboxylic acids is 1. The Hall–Kier alpha value is -1.55. The zero-order valence-electron chi connectivity index (χ0n) is 14.2. The number of piperidine rings is 1. The lowest BCUT2D eigenvalue weighted by Gasteiger charge is -2.23. The minimum Gasteiger partial charge on any atom is -0.497 e. The molecule has 0 radical (unpaired) electrons. The molecule has 2 fully saturated rings. The van der Waals surface area contributed by atoms with E-state index in [2.05, 4.69) is 29.7 Å². The zero-order valence-corrected chi connectivity index (χ0v) is 14.2. The number of hydrogen-bond donors (Lipinski definition) is 2. The lowest BCUT2D eigenvalue weighted by Crippen LogP contribution is -2.34. The van der Waals surface area contributed by atoms with Crippen LogP contribution in [0.25, 0.3) is 0 Å². The summed E-state index contributed by atoms with van der Waals surface area (Å²) in [6.45, 7) is 5.10. The molecule has 1 aliphatic heterocycles. The Morgan fingerprint density at radius 1 is 1.35 bits per heavy atom. The van der Waals surface area contributed by atoms with Crippen LogP contribution in [0, 0.1) is 11.3 Å². The number of benzene rings is 1. The van der Waals surface area contributed by atoms with Gasteiger partial charge in [-0.05, 0) is 67.8 Å². The average Bonchev–Trinajstić information content (AvgIpc) is 3.28. The summed E-state index contributed by atoms with van der Waals surface area (Å²) in [5, 5.41) is 6.54. The molecule has 0 aromatic heterocycles. The highest BCUT2D eigenvalue weighted by Crippen LogP contribution is 2.58. The first kappa shape index (κ1) is 16.3. The highest BCUT2D eigenvalue weighted by molar-refractivity contribution is 5.82. The summed E-state index contributed by atoms with van der Waals surface area (Å²) in [6, 6.07) is 8.21. The second-order valence-electron chi connectivity index (χ2n) is 7.12. The number of ether oxygens (including phenoxy) is 1. The van der Waals surface area contributed by atoms with E-state index in [-0.39, 0.29) is 11.8 Å². The van der Waals surface area contributed by atoms with Crippen LogP contribution in [-0.2, 0) is 4.79 Å². The number of methoxy groups -OCH3 is 1. The van der Waals surface area contributed by atoms with Gasteiger partial charge in [0.2, 0.25) is 5.91 Å². The van der Waals surface area contributed by atoms with Crippen LogP contribution in [0.15, 0.2) is 24.3 Å². The Labute approximate surface area is 139 Å². The van der Waals surface area contributed by atoms with Crippen molar-refractivity contribution in [3.8, 4) is 5.75 Å². The largest absolute Gasteiger partial charge is 0.497 e. The first-order chi connectivity index (χ1) is 11.1. The highest BCUT2D eigenvalue weighted by atomic mass is 16.5. The van der Waals surface area contributed by atoms with Gasteiger partial charge in [0, 0.05) is 12.5 Å². The SMILES string of the molecule is COc1ccc(C(C)CCNC(=O)C2CC23CCNCC3)cc1. The van der Waals surface area contributed by atoms with Crippen LogP contribution in [0.3, 0.4) is 0 Å². The minimum absolute atomic E-state index is 0.265. The van der Waals surface area contributed by atoms with Crippen LogP contribution < -0.4 is 15.4 Å². The fourth-order valence-corrected chi connectivity index (χ4v) is 3.83. The third-order valence-electron chi connectivity index (χ3n) is 5.67. The molecule has 1 aromatic rings. The first-order valence-corrected chi connectivity index (χ1v) is 8.77. The molecule has 2 atom stereocenters. The van der Waals surface area contributed by atoms with Crippen molar-refractivity contribution in [2.45, 2.75) is 38.5 Å². The van der Waals surface area contributed by atoms with Crippen LogP contribution in [0.4, 0.5) is 0 Å². The Kier molecular flexibility index (Phi) is 4.90. The van der Waals surface area contributed by atoms with E-state index in [0.717, 1.165) is 51.1 Å². The van der Waals surface area contributed by atoms with E-state index in [1.165, 1.54) is 5.56 Å². The van der Waals surface area contributed by atoms with Gasteiger partial charge in [-0.1, -0.05) is 19.1 Å². The van der Waals surface area contributed by atoms with Gasteiger partial charge >= 0.3 is 0 Å². The molecule has 1 spiro atoms. The number of amides is 1. The summed E-state index contributed by atoms with van der Waals surface area (Å²) in [6.07, 6.45) is 4.38. The Bertz CT molecular complexity index is 535. The molecule has 4 nitrogen and oxygen atoms in total. The van der Waals surface area contributed by atoms with E-state index in [0.29, 0.717) is 11.3 Å². The van der Waals surface area contributed by atoms with E-state index in [1.807, 2.05) is 12.1 Å². The van der Waals surface area contributed by atoms with Crippen molar-refractivity contribution in [2.24, 2.45) is 11.3 Å². The highest BCUT2D eigenvalue weighted by Gasteiger charge is 2.57. The normalized spacial score (nSPS) is 23.3. The van der Waals surface area contributed by atoms with Crippen molar-refractivity contribution in [2.75, 3.05) is 26.7 Å². The second-order valence-corrected chi connectivity index (χ2v) is 7.12. The van der Waals surface area contributed by atoms with Gasteiger partial charge in [-0.25, -0.2) is 0 Å². The minimum atomic E-state index is 0.265. The maximum Gasteiger partial charge on any atom is 0.223 e. The van der Waals surface area contributed by atoms with E-state index in [1.54, 1.807) is 7.11 Å². The smallest absolute Gasteiger partial charge is 0.223 e. The molecule has 23 heavy (non-hydrogen) atoms. The van der Waals surface area contributed by atoms with E-state index >= 15 is 0 Å². The summed E-state index contributed by atoms with van der Waals surface area (Å²) in [5.41, 5.74) is 1.62. The van der Waals surface area contributed by atoms with Gasteiger partial charge in [0.05, 0.1) is 7.11 Å². The molecule has 3 rings (SSSR count). The van der Waals surface area contributed by atoms with Crippen molar-refractivity contribution >= 4 is 5.91 Å². The molecular formula is C19H28N2O2. The third-order valence-corrected chi connectivity index (χ3v) is 5.67. The van der Waals surface area contributed by atoms with Crippen molar-refractivity contribution < 1.29 is 9.53 Å². The molecule has 2 aliphatic rings. The van der Waals surface area contributed by atoms with Gasteiger partial charge in [-0.3, -0.25) is 4.79 Å². The van der Waals surface area contributed by atoms with E-state index in [4.69, 9.17) is 4.74 Å². The number of rotatable bonds is 6. The summed E-state index contributed by atoms with van der Waals surface area (Å²) in [7, 11) is 1.68. The fourth-order valence-electron chi connectivity index (χ4n) is 3.83. The predicted octanol–water partition coefficient (Wildman–Crippen LogP) is 2.69. The van der Waals surface area contributed by atoms with Crippen LogP contribution in [0.2, 0.25) is 0 Å². The Balaban J connectivity index is 1.41. The van der Waals surface area contributed by atoms with Crippen LogP contribution in [0.5, 0.6) is 5.75 Å². The molecule has 0 bridgehead atoms. The number of nitrogens with one attached hydrogen (secondary N) is 2. The Morgan fingerprint density at radius 2 is 2.04 bits per heavy atom. The summed E-state index contributed by atoms with van der Waals surface area (Å²) in [4.78, 5) is 12.3. The van der Waals surface area contributed by atoms with Crippen molar-refractivity contribution in [3.05, 3.63) is 29.8 Å². The maximum atomic E-state index is 12.3. The Morgan fingerprint density at radius 3 is 2.70 bits per heavy atom. The second kappa shape index (κ2) is 6.91. The number of hydrogen-bond acceptors (Lipinski definition) is 3. The van der Waals surface area contributed by atoms with Crippen LogP contribution in [-0.4, -0.2) is 32.7 Å². The molecule has 2 unspecified atom stereocenters. The molecule has 1 saturated heterocycles. The fraction of sp³-hybridized carbons (Fsp3) is 0.632. The van der Waals surface area contributed by atoms with Crippen molar-refractivity contribution in [1.82, 2.24) is 10.6 Å². The maximum absolute atomic E-state index is 12.3. The molecule has 1 saturated carbocycles. The van der Waals surface area contributed by atoms with Crippen molar-refractivity contribution in [3.63, 3.8) is 0 Å². The van der Waals surface area contributed by atoms with Gasteiger partial charge in [-0.2, -0.15) is 0 Å². The summed E-state index contributed by atoms with van der Waals surface area (Å²) in [5.74, 6) is 1.86. The molecular weight excluding hydrogens is 288 g/mol. The monoisotopic (exact) mass is 316 g/mol. The zero-order chi connectivity index (χ0) is 16.3. The van der Waals surface area contributed by atoms with Gasteiger partial charge in [0.1, 0.15) is 5.75 Å². The van der Waals surface area contributed by atoms with E-state index < -0.39 is 0 Å². The van der Waals surface area contributed by atoms with E-state index in [9.17, 15) is 4.79 Å². The van der Waals surface area contributed by atoms with Crippen LogP contribution in [0.1, 0.15) is 44.1 Å². The lowest BCUT2D eigenvalue weighted by atomic mass is 9.91. The average molecular weight is 316 g/mol. The van der Waals surface area contributed by atoms with Crippen molar-refractivity contribution in [1.29, 1.82) is 0 Å². The molecule has 1 aliphatic carbocycles. The quantitative estimate of drug-likeness (QED) is 0.848. The number of carbonyl (C=O) groups is 1. The van der Waals surface area contributed by atoms with Gasteiger partial charge < -0.3 is 15.4 Å². The topological polar surface area (TPSA) is 50.4 Å². The molecule has 1 amide bonds. The molecule has 126 valence electrons. The molecule has 1 aromatic carbocycles. The van der Waals surface area contributed by atoms with Gasteiger partial charge in [-0.15, -0.1) is 0 Å². The molecule has 2 N–H and O–H groups in total. The van der Waals surface area contributed by atoms with Gasteiger partial charge in [0.25, 0.3) is 0 Å².